The molecule has 1 heterocycles. The summed E-state index contributed by atoms with van der Waals surface area (Å²) in [6.45, 7) is 0.538. The quantitative estimate of drug-likeness (QED) is 0.828. The van der Waals surface area contributed by atoms with Crippen molar-refractivity contribution in [1.82, 2.24) is 10.6 Å². The smallest absolute Gasteiger partial charge is 0.244 e. The van der Waals surface area contributed by atoms with Gasteiger partial charge in [0, 0.05) is 13.0 Å². The third kappa shape index (κ3) is 3.34. The van der Waals surface area contributed by atoms with E-state index in [9.17, 15) is 9.59 Å². The summed E-state index contributed by atoms with van der Waals surface area (Å²) >= 11 is 0. The minimum Gasteiger partial charge on any atom is -0.352 e. The lowest BCUT2D eigenvalue weighted by molar-refractivity contribution is -0.133. The van der Waals surface area contributed by atoms with Crippen molar-refractivity contribution in [3.63, 3.8) is 0 Å². The molecule has 1 fully saturated rings. The number of aryl methyl sites for hydroxylation is 1. The lowest BCUT2D eigenvalue weighted by Crippen LogP contribution is -2.61. The Hall–Kier alpha value is -2.62. The van der Waals surface area contributed by atoms with Crippen LogP contribution >= 0.6 is 0 Å². The van der Waals surface area contributed by atoms with Crippen molar-refractivity contribution >= 4 is 11.8 Å². The summed E-state index contributed by atoms with van der Waals surface area (Å²) in [4.78, 5) is 22.8. The fourth-order valence-electron chi connectivity index (χ4n) is 2.42. The molecular weight excluding hydrogens is 276 g/mol. The van der Waals surface area contributed by atoms with Crippen LogP contribution in [0.15, 0.2) is 54.6 Å². The molecule has 3 rings (SSSR count). The van der Waals surface area contributed by atoms with E-state index in [0.717, 1.165) is 5.56 Å². The molecule has 2 N–H and O–H groups in total. The maximum absolute atomic E-state index is 11.8. The Balaban J connectivity index is 1.53. The van der Waals surface area contributed by atoms with Gasteiger partial charge in [-0.15, -0.1) is 0 Å². The second kappa shape index (κ2) is 6.43. The maximum atomic E-state index is 11.8. The van der Waals surface area contributed by atoms with Crippen LogP contribution in [0, 0.1) is 0 Å². The van der Waals surface area contributed by atoms with Gasteiger partial charge in [0.25, 0.3) is 0 Å². The van der Waals surface area contributed by atoms with E-state index in [2.05, 4.69) is 34.9 Å². The standard InChI is InChI=1S/C18H18N2O2/c21-17(20-16-12-19-18(16)22)11-8-13-6-9-15(10-7-13)14-4-2-1-3-5-14/h1-7,9-10,16H,8,11-12H2,(H,19,22)(H,20,21). The summed E-state index contributed by atoms with van der Waals surface area (Å²) in [6, 6.07) is 18.1. The predicted molar refractivity (Wildman–Crippen MR) is 85.1 cm³/mol. The van der Waals surface area contributed by atoms with Crippen molar-refractivity contribution in [3.8, 4) is 11.1 Å². The Morgan fingerprint density at radius 3 is 2.32 bits per heavy atom. The molecule has 1 aliphatic rings. The highest BCUT2D eigenvalue weighted by molar-refractivity contribution is 5.92. The molecule has 22 heavy (non-hydrogen) atoms. The Morgan fingerprint density at radius 1 is 1.05 bits per heavy atom. The first-order valence-corrected chi connectivity index (χ1v) is 7.44. The van der Waals surface area contributed by atoms with Crippen LogP contribution in [-0.4, -0.2) is 24.4 Å². The minimum absolute atomic E-state index is 0.0769. The van der Waals surface area contributed by atoms with Crippen LogP contribution in [0.4, 0.5) is 0 Å². The zero-order valence-corrected chi connectivity index (χ0v) is 12.2. The fourth-order valence-corrected chi connectivity index (χ4v) is 2.42. The molecule has 0 saturated carbocycles. The zero-order chi connectivity index (χ0) is 15.4. The highest BCUT2D eigenvalue weighted by Crippen LogP contribution is 2.19. The van der Waals surface area contributed by atoms with Crippen LogP contribution in [0.3, 0.4) is 0 Å². The van der Waals surface area contributed by atoms with Crippen molar-refractivity contribution in [1.29, 1.82) is 0 Å². The fraction of sp³-hybridized carbons (Fsp3) is 0.222. The van der Waals surface area contributed by atoms with Gasteiger partial charge >= 0.3 is 0 Å². The van der Waals surface area contributed by atoms with E-state index in [0.29, 0.717) is 19.4 Å². The number of rotatable bonds is 5. The summed E-state index contributed by atoms with van der Waals surface area (Å²) in [5, 5.41) is 5.33. The molecule has 0 spiro atoms. The largest absolute Gasteiger partial charge is 0.352 e. The average Bonchev–Trinajstić information content (AvgIpc) is 2.58. The number of benzene rings is 2. The monoisotopic (exact) mass is 294 g/mol. The van der Waals surface area contributed by atoms with Crippen LogP contribution in [0.2, 0.25) is 0 Å². The molecule has 1 atom stereocenters. The van der Waals surface area contributed by atoms with E-state index in [1.165, 1.54) is 11.1 Å². The number of β-lactam (4-membered cyclic amide) rings is 1. The van der Waals surface area contributed by atoms with Gasteiger partial charge in [0.1, 0.15) is 6.04 Å². The molecule has 1 saturated heterocycles. The molecule has 2 aromatic carbocycles. The topological polar surface area (TPSA) is 58.2 Å². The van der Waals surface area contributed by atoms with Crippen LogP contribution in [-0.2, 0) is 16.0 Å². The third-order valence-corrected chi connectivity index (χ3v) is 3.83. The average molecular weight is 294 g/mol. The Labute approximate surface area is 129 Å². The number of hydrogen-bond donors (Lipinski definition) is 2. The van der Waals surface area contributed by atoms with Crippen molar-refractivity contribution < 1.29 is 9.59 Å². The van der Waals surface area contributed by atoms with Gasteiger partial charge in [0.05, 0.1) is 0 Å². The van der Waals surface area contributed by atoms with Gasteiger partial charge in [-0.2, -0.15) is 0 Å². The molecule has 0 radical (unpaired) electrons. The molecule has 4 nitrogen and oxygen atoms in total. The van der Waals surface area contributed by atoms with Gasteiger partial charge in [-0.3, -0.25) is 9.59 Å². The number of nitrogens with one attached hydrogen (secondary N) is 2. The first-order valence-electron chi connectivity index (χ1n) is 7.44. The normalized spacial score (nSPS) is 16.5. The molecule has 1 aliphatic heterocycles. The van der Waals surface area contributed by atoms with E-state index >= 15 is 0 Å². The number of carbonyl (C=O) groups excluding carboxylic acids is 2. The van der Waals surface area contributed by atoms with Crippen LogP contribution in [0.1, 0.15) is 12.0 Å². The molecule has 0 aliphatic carbocycles. The van der Waals surface area contributed by atoms with Gasteiger partial charge in [-0.05, 0) is 23.1 Å². The first-order chi connectivity index (χ1) is 10.7. The number of amides is 2. The van der Waals surface area contributed by atoms with Gasteiger partial charge in [-0.25, -0.2) is 0 Å². The van der Waals surface area contributed by atoms with Crippen molar-refractivity contribution in [3.05, 3.63) is 60.2 Å². The number of hydrogen-bond acceptors (Lipinski definition) is 2. The van der Waals surface area contributed by atoms with Crippen LogP contribution in [0.5, 0.6) is 0 Å². The first kappa shape index (κ1) is 14.3. The van der Waals surface area contributed by atoms with Crippen LogP contribution in [0.25, 0.3) is 11.1 Å². The van der Waals surface area contributed by atoms with Gasteiger partial charge in [0.15, 0.2) is 0 Å². The number of carbonyl (C=O) groups is 2. The third-order valence-electron chi connectivity index (χ3n) is 3.83. The second-order valence-electron chi connectivity index (χ2n) is 5.43. The van der Waals surface area contributed by atoms with Crippen molar-refractivity contribution in [2.45, 2.75) is 18.9 Å². The van der Waals surface area contributed by atoms with Crippen LogP contribution < -0.4 is 10.6 Å². The summed E-state index contributed by atoms with van der Waals surface area (Å²) in [5.41, 5.74) is 3.47. The molecular formula is C18H18N2O2. The van der Waals surface area contributed by atoms with Gasteiger partial charge < -0.3 is 10.6 Å². The van der Waals surface area contributed by atoms with E-state index in [4.69, 9.17) is 0 Å². The van der Waals surface area contributed by atoms with Crippen molar-refractivity contribution in [2.75, 3.05) is 6.54 Å². The summed E-state index contributed by atoms with van der Waals surface area (Å²) in [5.74, 6) is -0.174. The molecule has 2 amide bonds. The summed E-state index contributed by atoms with van der Waals surface area (Å²) in [7, 11) is 0. The molecule has 0 aromatic heterocycles. The highest BCUT2D eigenvalue weighted by Gasteiger charge is 2.28. The minimum atomic E-state index is -0.340. The lowest BCUT2D eigenvalue weighted by Gasteiger charge is -2.26. The molecule has 4 heteroatoms. The highest BCUT2D eigenvalue weighted by atomic mass is 16.2. The summed E-state index contributed by atoms with van der Waals surface area (Å²) in [6.07, 6.45) is 1.07. The van der Waals surface area contributed by atoms with E-state index in [1.54, 1.807) is 0 Å². The Bertz CT molecular complexity index is 665. The van der Waals surface area contributed by atoms with Crippen molar-refractivity contribution in [2.24, 2.45) is 0 Å². The van der Waals surface area contributed by atoms with Gasteiger partial charge in [0.2, 0.25) is 11.8 Å². The second-order valence-corrected chi connectivity index (χ2v) is 5.43. The SMILES string of the molecule is O=C(CCc1ccc(-c2ccccc2)cc1)NC1CNC1=O. The summed E-state index contributed by atoms with van der Waals surface area (Å²) < 4.78 is 0. The predicted octanol–water partition coefficient (Wildman–Crippen LogP) is 1.90. The van der Waals surface area contributed by atoms with Gasteiger partial charge in [-0.1, -0.05) is 54.6 Å². The Morgan fingerprint density at radius 2 is 1.73 bits per heavy atom. The van der Waals surface area contributed by atoms with E-state index in [1.807, 2.05) is 30.3 Å². The maximum Gasteiger partial charge on any atom is 0.244 e. The molecule has 1 unspecified atom stereocenters. The Kier molecular flexibility index (Phi) is 4.19. The molecule has 2 aromatic rings. The lowest BCUT2D eigenvalue weighted by atomic mass is 10.0. The molecule has 112 valence electrons. The van der Waals surface area contributed by atoms with E-state index < -0.39 is 0 Å². The zero-order valence-electron chi connectivity index (χ0n) is 12.2. The van der Waals surface area contributed by atoms with E-state index in [-0.39, 0.29) is 17.9 Å². The molecule has 0 bridgehead atoms.